The number of carbonyl (C=O) groups is 4. The molecule has 0 aliphatic carbocycles. The Labute approximate surface area is 258 Å². The van der Waals surface area contributed by atoms with Crippen LogP contribution < -0.4 is 5.32 Å². The molecule has 0 saturated carbocycles. The average Bonchev–Trinajstić information content (AvgIpc) is 3.20. The molecule has 0 aromatic heterocycles. The normalized spacial score (nSPS) is 19.9. The first-order valence-electron chi connectivity index (χ1n) is 16.4. The van der Waals surface area contributed by atoms with Crippen LogP contribution in [0.25, 0.3) is 0 Å². The van der Waals surface area contributed by atoms with Gasteiger partial charge in [-0.3, -0.25) is 14.4 Å². The number of ketones is 1. The minimum Gasteiger partial charge on any atom is -0.508 e. The Morgan fingerprint density at radius 2 is 1.65 bits per heavy atom. The molecule has 3 unspecified atom stereocenters. The van der Waals surface area contributed by atoms with Gasteiger partial charge in [0, 0.05) is 51.7 Å². The topological polar surface area (TPSA) is 110 Å². The first-order chi connectivity index (χ1) is 20.5. The summed E-state index contributed by atoms with van der Waals surface area (Å²) in [6.45, 7) is 9.69. The molecule has 43 heavy (non-hydrogen) atoms. The Morgan fingerprint density at radius 3 is 2.26 bits per heavy atom. The lowest BCUT2D eigenvalue weighted by molar-refractivity contribution is -0.156. The van der Waals surface area contributed by atoms with Crippen LogP contribution in [-0.4, -0.2) is 87.7 Å². The van der Waals surface area contributed by atoms with Crippen molar-refractivity contribution >= 4 is 23.5 Å². The lowest BCUT2D eigenvalue weighted by Gasteiger charge is -2.51. The van der Waals surface area contributed by atoms with E-state index < -0.39 is 17.7 Å². The molecule has 2 saturated heterocycles. The van der Waals surface area contributed by atoms with Gasteiger partial charge in [0.05, 0.1) is 0 Å². The molecular formula is C34H54N4O5. The summed E-state index contributed by atoms with van der Waals surface area (Å²) in [5, 5.41) is 13.0. The van der Waals surface area contributed by atoms with E-state index in [-0.39, 0.29) is 35.2 Å². The van der Waals surface area contributed by atoms with Gasteiger partial charge in [0.15, 0.2) is 0 Å². The largest absolute Gasteiger partial charge is 0.508 e. The van der Waals surface area contributed by atoms with Crippen LogP contribution >= 0.6 is 0 Å². The van der Waals surface area contributed by atoms with Gasteiger partial charge in [-0.25, -0.2) is 0 Å². The molecule has 3 amide bonds. The number of carbonyl (C=O) groups excluding carboxylic acids is 4. The minimum atomic E-state index is -0.874. The maximum absolute atomic E-state index is 14.7. The van der Waals surface area contributed by atoms with Gasteiger partial charge >= 0.3 is 0 Å². The smallest absolute Gasteiger partial charge is 0.248 e. The highest BCUT2D eigenvalue weighted by Gasteiger charge is 2.61. The van der Waals surface area contributed by atoms with Crippen LogP contribution in [0.4, 0.5) is 0 Å². The van der Waals surface area contributed by atoms with E-state index in [1.54, 1.807) is 31.2 Å². The number of piperidine rings is 1. The van der Waals surface area contributed by atoms with Crippen molar-refractivity contribution < 1.29 is 24.3 Å². The highest BCUT2D eigenvalue weighted by Crippen LogP contribution is 2.44. The standard InChI is InChI=1S/C34H54N4O5/c1-6-8-10-14-30(41)37-29(24-27-15-17-28(40)18-16-27)33(43)38(34(37)19-22-36(5)23-20-34)31(25(3)7-2)32(42)35-21-12-9-11-13-26(4)39/h15-18,25,29,31,40H,6-14,19-24H2,1-5H3,(H,35,42). The maximum atomic E-state index is 14.7. The summed E-state index contributed by atoms with van der Waals surface area (Å²) in [6.07, 6.45) is 8.27. The van der Waals surface area contributed by atoms with Gasteiger partial charge in [-0.2, -0.15) is 0 Å². The number of hydrogen-bond donors (Lipinski definition) is 2. The van der Waals surface area contributed by atoms with Crippen molar-refractivity contribution in [1.82, 2.24) is 20.0 Å². The van der Waals surface area contributed by atoms with Crippen molar-refractivity contribution in [1.29, 1.82) is 0 Å². The molecule has 1 aromatic carbocycles. The summed E-state index contributed by atoms with van der Waals surface area (Å²) in [5.41, 5.74) is -0.0101. The molecule has 9 heteroatoms. The Bertz CT molecular complexity index is 1080. The second kappa shape index (κ2) is 16.2. The maximum Gasteiger partial charge on any atom is 0.248 e. The molecule has 2 aliphatic heterocycles. The fourth-order valence-electron chi connectivity index (χ4n) is 6.67. The van der Waals surface area contributed by atoms with Gasteiger partial charge in [-0.05, 0) is 56.8 Å². The number of hydrogen-bond acceptors (Lipinski definition) is 6. The number of phenolic OH excluding ortho intramolecular Hbond substituents is 1. The Kier molecular flexibility index (Phi) is 13.0. The Morgan fingerprint density at radius 1 is 1.00 bits per heavy atom. The SMILES string of the molecule is CCCCCC(=O)N1C(Cc2ccc(O)cc2)C(=O)N(C(C(=O)NCCCCCC(C)=O)C(C)CC)C12CCN(C)CC2. The van der Waals surface area contributed by atoms with Crippen molar-refractivity contribution in [2.75, 3.05) is 26.7 Å². The van der Waals surface area contributed by atoms with Crippen LogP contribution in [0.15, 0.2) is 24.3 Å². The molecule has 1 spiro atoms. The second-order valence-electron chi connectivity index (χ2n) is 12.7. The third-order valence-electron chi connectivity index (χ3n) is 9.38. The van der Waals surface area contributed by atoms with Gasteiger partial charge in [0.2, 0.25) is 17.7 Å². The molecule has 9 nitrogen and oxygen atoms in total. The van der Waals surface area contributed by atoms with Gasteiger partial charge in [-0.1, -0.05) is 58.6 Å². The molecular weight excluding hydrogens is 544 g/mol. The number of nitrogens with one attached hydrogen (secondary N) is 1. The summed E-state index contributed by atoms with van der Waals surface area (Å²) in [4.78, 5) is 60.0. The molecule has 2 N–H and O–H groups in total. The van der Waals surface area contributed by atoms with E-state index in [4.69, 9.17) is 0 Å². The number of nitrogens with zero attached hydrogens (tertiary/aromatic N) is 3. The van der Waals surface area contributed by atoms with Gasteiger partial charge in [0.25, 0.3) is 0 Å². The highest BCUT2D eigenvalue weighted by molar-refractivity contribution is 5.96. The quantitative estimate of drug-likeness (QED) is 0.268. The van der Waals surface area contributed by atoms with E-state index in [2.05, 4.69) is 24.2 Å². The van der Waals surface area contributed by atoms with Gasteiger partial charge < -0.3 is 29.9 Å². The molecule has 3 atom stereocenters. The molecule has 1 aromatic rings. The lowest BCUT2D eigenvalue weighted by Crippen LogP contribution is -2.66. The van der Waals surface area contributed by atoms with Gasteiger partial charge in [-0.15, -0.1) is 0 Å². The Balaban J connectivity index is 1.99. The lowest BCUT2D eigenvalue weighted by atomic mass is 9.88. The zero-order valence-corrected chi connectivity index (χ0v) is 27.1. The van der Waals surface area contributed by atoms with Crippen LogP contribution in [0, 0.1) is 5.92 Å². The number of phenols is 1. The number of rotatable bonds is 16. The van der Waals surface area contributed by atoms with E-state index in [0.717, 1.165) is 57.2 Å². The molecule has 2 aliphatic rings. The van der Waals surface area contributed by atoms with Gasteiger partial charge in [0.1, 0.15) is 29.3 Å². The summed E-state index contributed by atoms with van der Waals surface area (Å²) in [6, 6.07) is 5.41. The van der Waals surface area contributed by atoms with E-state index >= 15 is 0 Å². The second-order valence-corrected chi connectivity index (χ2v) is 12.7. The van der Waals surface area contributed by atoms with Crippen molar-refractivity contribution in [3.8, 4) is 5.75 Å². The Hall–Kier alpha value is -2.94. The first kappa shape index (κ1) is 34.5. The molecule has 3 rings (SSSR count). The number of likely N-dealkylation sites (tertiary alicyclic amines) is 1. The number of Topliss-reactive ketones (excluding diaryl/α,β-unsaturated/α-hetero) is 1. The van der Waals surface area contributed by atoms with Crippen molar-refractivity contribution in [3.63, 3.8) is 0 Å². The monoisotopic (exact) mass is 598 g/mol. The van der Waals surface area contributed by atoms with E-state index in [9.17, 15) is 24.3 Å². The third kappa shape index (κ3) is 8.58. The summed E-state index contributed by atoms with van der Waals surface area (Å²) in [7, 11) is 2.06. The van der Waals surface area contributed by atoms with Crippen molar-refractivity contribution in [3.05, 3.63) is 29.8 Å². The fourth-order valence-corrected chi connectivity index (χ4v) is 6.67. The van der Waals surface area contributed by atoms with E-state index in [0.29, 0.717) is 45.1 Å². The number of amides is 3. The zero-order valence-electron chi connectivity index (χ0n) is 27.1. The number of aromatic hydroxyl groups is 1. The molecule has 2 fully saturated rings. The van der Waals surface area contributed by atoms with Crippen LogP contribution in [-0.2, 0) is 25.6 Å². The molecule has 2 heterocycles. The zero-order chi connectivity index (χ0) is 31.6. The first-order valence-corrected chi connectivity index (χ1v) is 16.4. The predicted molar refractivity (Wildman–Crippen MR) is 168 cm³/mol. The van der Waals surface area contributed by atoms with Crippen LogP contribution in [0.5, 0.6) is 5.75 Å². The molecule has 0 bridgehead atoms. The van der Waals surface area contributed by atoms with E-state index in [1.165, 1.54) is 0 Å². The number of benzene rings is 1. The summed E-state index contributed by atoms with van der Waals surface area (Å²) >= 11 is 0. The average molecular weight is 599 g/mol. The third-order valence-corrected chi connectivity index (χ3v) is 9.38. The van der Waals surface area contributed by atoms with Crippen LogP contribution in [0.1, 0.15) is 104 Å². The predicted octanol–water partition coefficient (Wildman–Crippen LogP) is 4.66. The molecule has 0 radical (unpaired) electrons. The minimum absolute atomic E-state index is 0.0218. The highest BCUT2D eigenvalue weighted by atomic mass is 16.3. The number of unbranched alkanes of at least 4 members (excludes halogenated alkanes) is 4. The molecule has 240 valence electrons. The van der Waals surface area contributed by atoms with Crippen LogP contribution in [0.2, 0.25) is 0 Å². The summed E-state index contributed by atoms with van der Waals surface area (Å²) in [5.74, 6) is -0.140. The van der Waals surface area contributed by atoms with Crippen LogP contribution in [0.3, 0.4) is 0 Å². The summed E-state index contributed by atoms with van der Waals surface area (Å²) < 4.78 is 0. The van der Waals surface area contributed by atoms with E-state index in [1.807, 2.05) is 23.6 Å². The van der Waals surface area contributed by atoms with Crippen molar-refractivity contribution in [2.45, 2.75) is 122 Å². The fraction of sp³-hybridized carbons (Fsp3) is 0.706. The van der Waals surface area contributed by atoms with Crippen molar-refractivity contribution in [2.24, 2.45) is 5.92 Å².